The highest BCUT2D eigenvalue weighted by Gasteiger charge is 2.46. The molecule has 0 spiro atoms. The number of ether oxygens (including phenoxy) is 2. The number of aliphatic hydroxyl groups excluding tert-OH is 1. The summed E-state index contributed by atoms with van der Waals surface area (Å²) in [6.07, 6.45) is 1.93. The Kier molecular flexibility index (Phi) is 2.74. The molecule has 3 aliphatic rings. The van der Waals surface area contributed by atoms with Gasteiger partial charge in [0.1, 0.15) is 11.5 Å². The van der Waals surface area contributed by atoms with Gasteiger partial charge in [0.15, 0.2) is 0 Å². The number of fused-ring (bicyclic) bond motifs is 2. The minimum atomic E-state index is -0.253. The zero-order valence-electron chi connectivity index (χ0n) is 11.1. The third-order valence-corrected chi connectivity index (χ3v) is 4.76. The van der Waals surface area contributed by atoms with Crippen LogP contribution in [0, 0.1) is 5.92 Å². The van der Waals surface area contributed by atoms with Crippen molar-refractivity contribution in [2.75, 3.05) is 14.2 Å². The van der Waals surface area contributed by atoms with E-state index in [4.69, 9.17) is 9.47 Å². The van der Waals surface area contributed by atoms with Gasteiger partial charge in [-0.15, -0.1) is 0 Å². The maximum atomic E-state index is 10.4. The molecular formula is C15H20O3. The molecular weight excluding hydrogens is 228 g/mol. The summed E-state index contributed by atoms with van der Waals surface area (Å²) < 4.78 is 11.0. The van der Waals surface area contributed by atoms with E-state index >= 15 is 0 Å². The van der Waals surface area contributed by atoms with Crippen molar-refractivity contribution in [3.63, 3.8) is 0 Å². The molecule has 1 saturated carbocycles. The first kappa shape index (κ1) is 11.8. The number of benzene rings is 1. The molecule has 0 heterocycles. The van der Waals surface area contributed by atoms with Gasteiger partial charge in [0.2, 0.25) is 0 Å². The predicted octanol–water partition coefficient (Wildman–Crippen LogP) is 2.68. The van der Waals surface area contributed by atoms with Crippen molar-refractivity contribution in [3.05, 3.63) is 23.3 Å². The topological polar surface area (TPSA) is 38.7 Å². The molecule has 98 valence electrons. The van der Waals surface area contributed by atoms with E-state index in [1.54, 1.807) is 14.2 Å². The van der Waals surface area contributed by atoms with E-state index in [9.17, 15) is 5.11 Å². The van der Waals surface area contributed by atoms with Crippen molar-refractivity contribution in [2.24, 2.45) is 5.92 Å². The molecule has 2 bridgehead atoms. The van der Waals surface area contributed by atoms with Crippen LogP contribution in [0.2, 0.25) is 0 Å². The minimum Gasteiger partial charge on any atom is -0.496 e. The van der Waals surface area contributed by atoms with Crippen molar-refractivity contribution in [2.45, 2.75) is 37.7 Å². The van der Waals surface area contributed by atoms with E-state index in [1.165, 1.54) is 11.1 Å². The minimum absolute atomic E-state index is 0.199. The van der Waals surface area contributed by atoms with Gasteiger partial charge in [0, 0.05) is 17.0 Å². The van der Waals surface area contributed by atoms with Gasteiger partial charge < -0.3 is 14.6 Å². The first-order valence-electron chi connectivity index (χ1n) is 6.61. The molecule has 3 aliphatic carbocycles. The van der Waals surface area contributed by atoms with Crippen molar-refractivity contribution in [1.82, 2.24) is 0 Å². The zero-order chi connectivity index (χ0) is 12.9. The van der Waals surface area contributed by atoms with Crippen molar-refractivity contribution < 1.29 is 14.6 Å². The van der Waals surface area contributed by atoms with Gasteiger partial charge in [-0.05, 0) is 36.8 Å². The molecule has 1 aromatic rings. The Balaban J connectivity index is 2.24. The SMILES string of the molecule is COc1ccc(OC)c2c1[C@H]1CC[C@H]2[C@H](O)[C@H]1C. The number of hydrogen-bond donors (Lipinski definition) is 1. The first-order valence-corrected chi connectivity index (χ1v) is 6.61. The molecule has 1 fully saturated rings. The van der Waals surface area contributed by atoms with E-state index < -0.39 is 0 Å². The van der Waals surface area contributed by atoms with Crippen LogP contribution in [0.15, 0.2) is 12.1 Å². The van der Waals surface area contributed by atoms with Crippen molar-refractivity contribution in [1.29, 1.82) is 0 Å². The van der Waals surface area contributed by atoms with Crippen molar-refractivity contribution >= 4 is 0 Å². The Morgan fingerprint density at radius 3 is 2.06 bits per heavy atom. The molecule has 3 nitrogen and oxygen atoms in total. The summed E-state index contributed by atoms with van der Waals surface area (Å²) in [6.45, 7) is 2.14. The van der Waals surface area contributed by atoms with Crippen LogP contribution in [-0.4, -0.2) is 25.4 Å². The van der Waals surface area contributed by atoms with Gasteiger partial charge in [-0.3, -0.25) is 0 Å². The maximum Gasteiger partial charge on any atom is 0.122 e. The molecule has 4 atom stereocenters. The fourth-order valence-corrected chi connectivity index (χ4v) is 3.84. The lowest BCUT2D eigenvalue weighted by Gasteiger charge is -2.47. The Bertz CT molecular complexity index is 426. The van der Waals surface area contributed by atoms with E-state index in [1.807, 2.05) is 12.1 Å². The summed E-state index contributed by atoms with van der Waals surface area (Å²) >= 11 is 0. The molecule has 0 amide bonds. The molecule has 0 saturated heterocycles. The summed E-state index contributed by atoms with van der Waals surface area (Å²) in [5, 5.41) is 10.4. The summed E-state index contributed by atoms with van der Waals surface area (Å²) in [5.41, 5.74) is 2.45. The van der Waals surface area contributed by atoms with Gasteiger partial charge in [0.25, 0.3) is 0 Å². The summed E-state index contributed by atoms with van der Waals surface area (Å²) in [7, 11) is 3.41. The van der Waals surface area contributed by atoms with Crippen molar-refractivity contribution in [3.8, 4) is 11.5 Å². The molecule has 0 aliphatic heterocycles. The standard InChI is InChI=1S/C15H20O3/c1-8-9-4-5-10(15(8)16)14-12(18-3)7-6-11(17-2)13(9)14/h6-10,15-16H,4-5H2,1-3H3/t8-,9-,10+,15+/m0/s1. The van der Waals surface area contributed by atoms with E-state index in [0.29, 0.717) is 11.8 Å². The largest absolute Gasteiger partial charge is 0.496 e. The average Bonchev–Trinajstić information content (AvgIpc) is 2.42. The Morgan fingerprint density at radius 1 is 1.00 bits per heavy atom. The van der Waals surface area contributed by atoms with Gasteiger partial charge in [-0.1, -0.05) is 6.92 Å². The second-order valence-corrected chi connectivity index (χ2v) is 5.44. The second kappa shape index (κ2) is 4.16. The average molecular weight is 248 g/mol. The summed E-state index contributed by atoms with van der Waals surface area (Å²) in [5.74, 6) is 2.73. The molecule has 1 N–H and O–H groups in total. The fourth-order valence-electron chi connectivity index (χ4n) is 3.84. The van der Waals surface area contributed by atoms with Gasteiger partial charge >= 0.3 is 0 Å². The normalized spacial score (nSPS) is 33.1. The second-order valence-electron chi connectivity index (χ2n) is 5.44. The van der Waals surface area contributed by atoms with Crippen LogP contribution >= 0.6 is 0 Å². The smallest absolute Gasteiger partial charge is 0.122 e. The van der Waals surface area contributed by atoms with E-state index in [2.05, 4.69) is 6.92 Å². The highest BCUT2D eigenvalue weighted by molar-refractivity contribution is 5.56. The Morgan fingerprint density at radius 2 is 1.50 bits per heavy atom. The highest BCUT2D eigenvalue weighted by atomic mass is 16.5. The maximum absolute atomic E-state index is 10.4. The van der Waals surface area contributed by atoms with Crippen LogP contribution in [0.4, 0.5) is 0 Å². The molecule has 0 radical (unpaired) electrons. The van der Waals surface area contributed by atoms with Gasteiger partial charge in [-0.25, -0.2) is 0 Å². The molecule has 0 aromatic heterocycles. The van der Waals surface area contributed by atoms with Crippen LogP contribution in [0.3, 0.4) is 0 Å². The lowest BCUT2D eigenvalue weighted by atomic mass is 9.60. The third kappa shape index (κ3) is 1.40. The third-order valence-electron chi connectivity index (χ3n) is 4.76. The van der Waals surface area contributed by atoms with Crippen LogP contribution < -0.4 is 9.47 Å². The molecule has 4 rings (SSSR count). The zero-order valence-corrected chi connectivity index (χ0v) is 11.1. The number of methoxy groups -OCH3 is 2. The highest BCUT2D eigenvalue weighted by Crippen LogP contribution is 2.57. The van der Waals surface area contributed by atoms with Crippen LogP contribution in [0.1, 0.15) is 42.7 Å². The fraction of sp³-hybridized carbons (Fsp3) is 0.600. The van der Waals surface area contributed by atoms with Gasteiger partial charge in [0.05, 0.1) is 20.3 Å². The van der Waals surface area contributed by atoms with Crippen LogP contribution in [0.25, 0.3) is 0 Å². The molecule has 18 heavy (non-hydrogen) atoms. The number of aliphatic hydroxyl groups is 1. The van der Waals surface area contributed by atoms with Gasteiger partial charge in [-0.2, -0.15) is 0 Å². The number of hydrogen-bond acceptors (Lipinski definition) is 3. The quantitative estimate of drug-likeness (QED) is 0.874. The molecule has 1 aromatic carbocycles. The van der Waals surface area contributed by atoms with E-state index in [-0.39, 0.29) is 12.0 Å². The number of rotatable bonds is 2. The summed E-state index contributed by atoms with van der Waals surface area (Å²) in [4.78, 5) is 0. The van der Waals surface area contributed by atoms with Crippen LogP contribution in [-0.2, 0) is 0 Å². The summed E-state index contributed by atoms with van der Waals surface area (Å²) in [6, 6.07) is 3.94. The van der Waals surface area contributed by atoms with E-state index in [0.717, 1.165) is 24.3 Å². The monoisotopic (exact) mass is 248 g/mol. The lowest BCUT2D eigenvalue weighted by molar-refractivity contribution is 0.0297. The Labute approximate surface area is 108 Å². The Hall–Kier alpha value is -1.22. The lowest BCUT2D eigenvalue weighted by Crippen LogP contribution is -2.41. The predicted molar refractivity (Wildman–Crippen MR) is 69.4 cm³/mol. The first-order chi connectivity index (χ1) is 8.69. The van der Waals surface area contributed by atoms with Crippen LogP contribution in [0.5, 0.6) is 11.5 Å². The molecule has 3 heteroatoms. The molecule has 0 unspecified atom stereocenters.